The maximum Gasteiger partial charge on any atom is 0.191 e. The zero-order chi connectivity index (χ0) is 17.2. The molecular weight excluding hydrogens is 298 g/mol. The lowest BCUT2D eigenvalue weighted by Crippen LogP contribution is -2.38. The van der Waals surface area contributed by atoms with Gasteiger partial charge in [-0.2, -0.15) is 0 Å². The van der Waals surface area contributed by atoms with Crippen LogP contribution in [0.15, 0.2) is 29.3 Å². The lowest BCUT2D eigenvalue weighted by atomic mass is 10.1. The Morgan fingerprint density at radius 1 is 1.08 bits per heavy atom. The Hall–Kier alpha value is -1.59. The monoisotopic (exact) mass is 331 g/mol. The predicted octanol–water partition coefficient (Wildman–Crippen LogP) is 1.90. The molecule has 1 aliphatic rings. The van der Waals surface area contributed by atoms with E-state index in [1.807, 2.05) is 7.05 Å². The molecule has 134 valence electrons. The summed E-state index contributed by atoms with van der Waals surface area (Å²) >= 11 is 0. The Morgan fingerprint density at radius 2 is 1.75 bits per heavy atom. The van der Waals surface area contributed by atoms with Crippen molar-refractivity contribution in [1.82, 2.24) is 20.4 Å². The van der Waals surface area contributed by atoms with Crippen LogP contribution in [0.25, 0.3) is 0 Å². The molecule has 2 N–H and O–H groups in total. The molecule has 1 aliphatic heterocycles. The van der Waals surface area contributed by atoms with Crippen molar-refractivity contribution in [3.05, 3.63) is 35.4 Å². The largest absolute Gasteiger partial charge is 0.356 e. The molecule has 1 saturated heterocycles. The second kappa shape index (κ2) is 10.3. The Kier molecular flexibility index (Phi) is 8.05. The van der Waals surface area contributed by atoms with E-state index in [1.165, 1.54) is 37.1 Å². The first-order valence-electron chi connectivity index (χ1n) is 9.07. The maximum absolute atomic E-state index is 4.28. The van der Waals surface area contributed by atoms with Crippen LogP contribution in [0, 0.1) is 0 Å². The molecule has 2 rings (SSSR count). The summed E-state index contributed by atoms with van der Waals surface area (Å²) in [7, 11) is 6.02. The first-order chi connectivity index (χ1) is 11.7. The van der Waals surface area contributed by atoms with Gasteiger partial charge in [-0.1, -0.05) is 24.3 Å². The van der Waals surface area contributed by atoms with Crippen LogP contribution in [0.1, 0.15) is 30.4 Å². The van der Waals surface area contributed by atoms with Crippen molar-refractivity contribution in [2.24, 2.45) is 4.99 Å². The van der Waals surface area contributed by atoms with Gasteiger partial charge in [-0.05, 0) is 64.1 Å². The van der Waals surface area contributed by atoms with Crippen LogP contribution in [0.4, 0.5) is 0 Å². The molecule has 1 fully saturated rings. The summed E-state index contributed by atoms with van der Waals surface area (Å²) in [5.74, 6) is 0.870. The fraction of sp³-hybridized carbons (Fsp3) is 0.632. The van der Waals surface area contributed by atoms with Gasteiger partial charge in [0.25, 0.3) is 0 Å². The quantitative estimate of drug-likeness (QED) is 0.434. The van der Waals surface area contributed by atoms with Crippen LogP contribution in [0.2, 0.25) is 0 Å². The molecule has 1 aromatic carbocycles. The van der Waals surface area contributed by atoms with E-state index in [1.54, 1.807) is 0 Å². The van der Waals surface area contributed by atoms with Gasteiger partial charge in [0.15, 0.2) is 5.96 Å². The predicted molar refractivity (Wildman–Crippen MR) is 102 cm³/mol. The third-order valence-corrected chi connectivity index (χ3v) is 4.39. The summed E-state index contributed by atoms with van der Waals surface area (Å²) in [4.78, 5) is 9.01. The minimum atomic E-state index is 0.803. The van der Waals surface area contributed by atoms with Crippen LogP contribution in [0.3, 0.4) is 0 Å². The Labute approximate surface area is 147 Å². The molecule has 0 aliphatic carbocycles. The summed E-state index contributed by atoms with van der Waals surface area (Å²) in [5, 5.41) is 6.74. The second-order valence-corrected chi connectivity index (χ2v) is 6.81. The Bertz CT molecular complexity index is 489. The van der Waals surface area contributed by atoms with Gasteiger partial charge in [0, 0.05) is 26.7 Å². The van der Waals surface area contributed by atoms with Crippen molar-refractivity contribution in [3.8, 4) is 0 Å². The SMILES string of the molecule is CN=C(NCCCN(C)C)NCc1ccc(CN2CCCC2)cc1. The van der Waals surface area contributed by atoms with Crippen molar-refractivity contribution in [2.75, 3.05) is 47.3 Å². The van der Waals surface area contributed by atoms with Crippen molar-refractivity contribution in [1.29, 1.82) is 0 Å². The summed E-state index contributed by atoms with van der Waals surface area (Å²) in [5.41, 5.74) is 2.70. The summed E-state index contributed by atoms with van der Waals surface area (Å²) in [6, 6.07) is 8.95. The molecule has 24 heavy (non-hydrogen) atoms. The fourth-order valence-corrected chi connectivity index (χ4v) is 2.97. The van der Waals surface area contributed by atoms with Gasteiger partial charge in [-0.15, -0.1) is 0 Å². The zero-order valence-electron chi connectivity index (χ0n) is 15.5. The third kappa shape index (κ3) is 6.89. The highest BCUT2D eigenvalue weighted by Crippen LogP contribution is 2.13. The highest BCUT2D eigenvalue weighted by Gasteiger charge is 2.11. The first-order valence-corrected chi connectivity index (χ1v) is 9.07. The van der Waals surface area contributed by atoms with Gasteiger partial charge in [0.1, 0.15) is 0 Å². The van der Waals surface area contributed by atoms with E-state index in [0.717, 1.165) is 38.6 Å². The van der Waals surface area contributed by atoms with Crippen LogP contribution in [0.5, 0.6) is 0 Å². The summed E-state index contributed by atoms with van der Waals surface area (Å²) < 4.78 is 0. The van der Waals surface area contributed by atoms with Crippen LogP contribution in [-0.2, 0) is 13.1 Å². The standard InChI is InChI=1S/C19H33N5/c1-20-19(21-11-6-12-23(2)3)22-15-17-7-9-18(10-8-17)16-24-13-4-5-14-24/h7-10H,4-6,11-16H2,1-3H3,(H2,20,21,22). The number of hydrogen-bond acceptors (Lipinski definition) is 3. The van der Waals surface area contributed by atoms with E-state index in [0.29, 0.717) is 0 Å². The Morgan fingerprint density at radius 3 is 2.38 bits per heavy atom. The van der Waals surface area contributed by atoms with Crippen LogP contribution >= 0.6 is 0 Å². The number of likely N-dealkylation sites (tertiary alicyclic amines) is 1. The van der Waals surface area contributed by atoms with Gasteiger partial charge in [0.05, 0.1) is 0 Å². The third-order valence-electron chi connectivity index (χ3n) is 4.39. The lowest BCUT2D eigenvalue weighted by Gasteiger charge is -2.15. The second-order valence-electron chi connectivity index (χ2n) is 6.81. The molecule has 0 unspecified atom stereocenters. The molecule has 1 aromatic rings. The van der Waals surface area contributed by atoms with Crippen LogP contribution < -0.4 is 10.6 Å². The fourth-order valence-electron chi connectivity index (χ4n) is 2.97. The average Bonchev–Trinajstić information content (AvgIpc) is 3.08. The normalized spacial score (nSPS) is 15.9. The molecule has 0 saturated carbocycles. The minimum absolute atomic E-state index is 0.803. The molecule has 1 heterocycles. The Balaban J connectivity index is 1.70. The molecule has 5 heteroatoms. The highest BCUT2D eigenvalue weighted by atomic mass is 15.2. The lowest BCUT2D eigenvalue weighted by molar-refractivity contribution is 0.331. The molecule has 0 atom stereocenters. The molecule has 0 bridgehead atoms. The van der Waals surface area contributed by atoms with Gasteiger partial charge in [-0.3, -0.25) is 9.89 Å². The topological polar surface area (TPSA) is 42.9 Å². The van der Waals surface area contributed by atoms with Crippen molar-refractivity contribution in [2.45, 2.75) is 32.4 Å². The minimum Gasteiger partial charge on any atom is -0.356 e. The zero-order valence-corrected chi connectivity index (χ0v) is 15.5. The number of rotatable bonds is 8. The van der Waals surface area contributed by atoms with Crippen molar-refractivity contribution >= 4 is 5.96 Å². The summed E-state index contributed by atoms with van der Waals surface area (Å²) in [6.45, 7) is 6.41. The van der Waals surface area contributed by atoms with E-state index in [-0.39, 0.29) is 0 Å². The average molecular weight is 332 g/mol. The smallest absolute Gasteiger partial charge is 0.191 e. The first kappa shape index (κ1) is 18.7. The van der Waals surface area contributed by atoms with E-state index < -0.39 is 0 Å². The molecule has 0 amide bonds. The number of nitrogens with one attached hydrogen (secondary N) is 2. The number of nitrogens with zero attached hydrogens (tertiary/aromatic N) is 3. The molecule has 5 nitrogen and oxygen atoms in total. The number of aliphatic imine (C=N–C) groups is 1. The van der Waals surface area contributed by atoms with Crippen molar-refractivity contribution < 1.29 is 0 Å². The number of benzene rings is 1. The van der Waals surface area contributed by atoms with E-state index in [9.17, 15) is 0 Å². The van der Waals surface area contributed by atoms with Gasteiger partial charge in [0.2, 0.25) is 0 Å². The van der Waals surface area contributed by atoms with Gasteiger partial charge < -0.3 is 15.5 Å². The van der Waals surface area contributed by atoms with E-state index in [2.05, 4.69) is 63.8 Å². The van der Waals surface area contributed by atoms with Crippen LogP contribution in [-0.4, -0.2) is 63.1 Å². The van der Waals surface area contributed by atoms with Gasteiger partial charge in [-0.25, -0.2) is 0 Å². The van der Waals surface area contributed by atoms with Crippen molar-refractivity contribution in [3.63, 3.8) is 0 Å². The number of guanidine groups is 1. The maximum atomic E-state index is 4.28. The molecule has 0 spiro atoms. The molecule has 0 aromatic heterocycles. The summed E-state index contributed by atoms with van der Waals surface area (Å²) in [6.07, 6.45) is 3.81. The number of hydrogen-bond donors (Lipinski definition) is 2. The van der Waals surface area contributed by atoms with E-state index in [4.69, 9.17) is 0 Å². The highest BCUT2D eigenvalue weighted by molar-refractivity contribution is 5.79. The van der Waals surface area contributed by atoms with E-state index >= 15 is 0 Å². The molecule has 0 radical (unpaired) electrons. The van der Waals surface area contributed by atoms with Gasteiger partial charge >= 0.3 is 0 Å². The molecular formula is C19H33N5.